The van der Waals surface area contributed by atoms with E-state index >= 15 is 0 Å². The SMILES string of the molecule is COC(=O)c1scc(NC(=O)Nc2cc(S(=O)(=O)n3ccc4ccc(Cl)cc43)c(OC)cc2F)c1C(=O)OC. The van der Waals surface area contributed by atoms with E-state index < -0.39 is 44.4 Å². The maximum absolute atomic E-state index is 14.9. The number of methoxy groups -OCH3 is 3. The van der Waals surface area contributed by atoms with Crippen LogP contribution >= 0.6 is 22.9 Å². The van der Waals surface area contributed by atoms with E-state index in [2.05, 4.69) is 20.1 Å². The zero-order valence-corrected chi connectivity index (χ0v) is 22.8. The Bertz CT molecular complexity index is 1730. The minimum absolute atomic E-state index is 0.109. The van der Waals surface area contributed by atoms with E-state index in [1.165, 1.54) is 24.8 Å². The van der Waals surface area contributed by atoms with Crippen molar-refractivity contribution in [1.82, 2.24) is 3.97 Å². The van der Waals surface area contributed by atoms with Gasteiger partial charge >= 0.3 is 18.0 Å². The summed E-state index contributed by atoms with van der Waals surface area (Å²) in [6.07, 6.45) is 1.31. The van der Waals surface area contributed by atoms with Crippen LogP contribution in [0.15, 0.2) is 52.9 Å². The number of hydrogen-bond donors (Lipinski definition) is 2. The summed E-state index contributed by atoms with van der Waals surface area (Å²) in [5, 5.41) is 6.73. The summed E-state index contributed by atoms with van der Waals surface area (Å²) in [5.41, 5.74) is -0.608. The number of esters is 2. The molecule has 0 saturated heterocycles. The zero-order chi connectivity index (χ0) is 28.5. The van der Waals surface area contributed by atoms with Gasteiger partial charge in [-0.15, -0.1) is 11.3 Å². The lowest BCUT2D eigenvalue weighted by Crippen LogP contribution is -2.22. The van der Waals surface area contributed by atoms with Gasteiger partial charge in [-0.05, 0) is 24.3 Å². The van der Waals surface area contributed by atoms with Crippen molar-refractivity contribution in [3.8, 4) is 5.75 Å². The van der Waals surface area contributed by atoms with Crippen LogP contribution in [-0.2, 0) is 19.5 Å². The van der Waals surface area contributed by atoms with Crippen LogP contribution in [-0.4, -0.2) is 51.7 Å². The summed E-state index contributed by atoms with van der Waals surface area (Å²) in [4.78, 5) is 36.4. The fraction of sp³-hybridized carbons (Fsp3) is 0.125. The molecule has 0 aliphatic rings. The fourth-order valence-electron chi connectivity index (χ4n) is 3.66. The summed E-state index contributed by atoms with van der Waals surface area (Å²) in [5.74, 6) is -3.07. The third kappa shape index (κ3) is 5.26. The second-order valence-corrected chi connectivity index (χ2v) is 10.8. The fourth-order valence-corrected chi connectivity index (χ4v) is 6.24. The Morgan fingerprint density at radius 2 is 1.67 bits per heavy atom. The number of carbonyl (C=O) groups is 3. The number of aromatic nitrogens is 1. The van der Waals surface area contributed by atoms with Gasteiger partial charge in [0.1, 0.15) is 21.1 Å². The number of rotatable bonds is 7. The highest BCUT2D eigenvalue weighted by molar-refractivity contribution is 7.90. The average Bonchev–Trinajstić information content (AvgIpc) is 3.52. The molecule has 2 heterocycles. The number of urea groups is 1. The Balaban J connectivity index is 1.70. The summed E-state index contributed by atoms with van der Waals surface area (Å²) >= 11 is 6.86. The molecule has 0 saturated carbocycles. The number of nitrogens with one attached hydrogen (secondary N) is 2. The Morgan fingerprint density at radius 3 is 2.33 bits per heavy atom. The largest absolute Gasteiger partial charge is 0.495 e. The van der Waals surface area contributed by atoms with Crippen molar-refractivity contribution in [2.45, 2.75) is 4.90 Å². The van der Waals surface area contributed by atoms with Crippen LogP contribution in [0.2, 0.25) is 5.02 Å². The second-order valence-electron chi connectivity index (χ2n) is 7.72. The predicted octanol–water partition coefficient (Wildman–Crippen LogP) is 4.96. The number of anilines is 2. The van der Waals surface area contributed by atoms with E-state index in [9.17, 15) is 27.2 Å². The van der Waals surface area contributed by atoms with Crippen LogP contribution in [0.3, 0.4) is 0 Å². The maximum Gasteiger partial charge on any atom is 0.349 e. The molecule has 2 aromatic heterocycles. The van der Waals surface area contributed by atoms with Crippen molar-refractivity contribution in [3.05, 3.63) is 69.3 Å². The lowest BCUT2D eigenvalue weighted by Gasteiger charge is -2.15. The van der Waals surface area contributed by atoms with Crippen molar-refractivity contribution in [3.63, 3.8) is 0 Å². The predicted molar refractivity (Wildman–Crippen MR) is 142 cm³/mol. The van der Waals surface area contributed by atoms with Crippen molar-refractivity contribution in [2.24, 2.45) is 0 Å². The van der Waals surface area contributed by atoms with E-state index in [4.69, 9.17) is 16.3 Å². The second kappa shape index (κ2) is 10.9. The molecule has 204 valence electrons. The highest BCUT2D eigenvalue weighted by Crippen LogP contribution is 2.34. The first kappa shape index (κ1) is 27.9. The molecule has 0 bridgehead atoms. The Kier molecular flexibility index (Phi) is 7.81. The first-order valence-electron chi connectivity index (χ1n) is 10.8. The first-order chi connectivity index (χ1) is 18.5. The van der Waals surface area contributed by atoms with Gasteiger partial charge < -0.3 is 24.8 Å². The Hall–Kier alpha value is -4.14. The minimum Gasteiger partial charge on any atom is -0.495 e. The lowest BCUT2D eigenvalue weighted by molar-refractivity contribution is 0.0561. The molecule has 39 heavy (non-hydrogen) atoms. The number of hydrogen-bond acceptors (Lipinski definition) is 9. The van der Waals surface area contributed by atoms with Crippen LogP contribution < -0.4 is 15.4 Å². The number of benzene rings is 2. The molecule has 2 aromatic carbocycles. The van der Waals surface area contributed by atoms with Gasteiger partial charge in [-0.3, -0.25) is 0 Å². The van der Waals surface area contributed by atoms with Gasteiger partial charge in [-0.25, -0.2) is 31.2 Å². The number of thiophene rings is 1. The summed E-state index contributed by atoms with van der Waals surface area (Å²) in [7, 11) is -0.992. The molecular weight excluding hydrogens is 577 g/mol. The Labute approximate surface area is 230 Å². The third-order valence-corrected chi connectivity index (χ3v) is 8.36. The molecule has 0 unspecified atom stereocenters. The van der Waals surface area contributed by atoms with Crippen LogP contribution in [0, 0.1) is 5.82 Å². The molecule has 4 aromatic rings. The number of amides is 2. The Morgan fingerprint density at radius 1 is 0.974 bits per heavy atom. The molecule has 0 aliphatic heterocycles. The normalized spacial score (nSPS) is 11.2. The number of halogens is 2. The van der Waals surface area contributed by atoms with Gasteiger partial charge in [0.2, 0.25) is 0 Å². The molecule has 0 radical (unpaired) electrons. The van der Waals surface area contributed by atoms with Crippen LogP contribution in [0.25, 0.3) is 10.9 Å². The van der Waals surface area contributed by atoms with E-state index in [1.807, 2.05) is 0 Å². The maximum atomic E-state index is 14.9. The van der Waals surface area contributed by atoms with Gasteiger partial charge in [0.15, 0.2) is 5.82 Å². The molecule has 2 amide bonds. The lowest BCUT2D eigenvalue weighted by atomic mass is 10.2. The van der Waals surface area contributed by atoms with E-state index in [1.54, 1.807) is 18.2 Å². The van der Waals surface area contributed by atoms with Gasteiger partial charge in [0.25, 0.3) is 10.0 Å². The number of fused-ring (bicyclic) bond motifs is 1. The van der Waals surface area contributed by atoms with Crippen molar-refractivity contribution in [1.29, 1.82) is 0 Å². The third-order valence-electron chi connectivity index (χ3n) is 5.46. The highest BCUT2D eigenvalue weighted by atomic mass is 35.5. The number of ether oxygens (including phenoxy) is 3. The van der Waals surface area contributed by atoms with E-state index in [-0.39, 0.29) is 27.4 Å². The molecule has 0 aliphatic carbocycles. The van der Waals surface area contributed by atoms with Crippen LogP contribution in [0.1, 0.15) is 20.0 Å². The molecule has 0 atom stereocenters. The van der Waals surface area contributed by atoms with E-state index in [0.29, 0.717) is 10.4 Å². The molecule has 0 fully saturated rings. The van der Waals surface area contributed by atoms with Crippen molar-refractivity contribution < 1.29 is 41.4 Å². The average molecular weight is 596 g/mol. The highest BCUT2D eigenvalue weighted by Gasteiger charge is 2.28. The van der Waals surface area contributed by atoms with Crippen LogP contribution in [0.5, 0.6) is 5.75 Å². The van der Waals surface area contributed by atoms with Gasteiger partial charge in [0.05, 0.1) is 38.2 Å². The summed E-state index contributed by atoms with van der Waals surface area (Å²) in [6, 6.07) is 6.93. The smallest absolute Gasteiger partial charge is 0.349 e. The van der Waals surface area contributed by atoms with Crippen molar-refractivity contribution >= 4 is 73.2 Å². The summed E-state index contributed by atoms with van der Waals surface area (Å²) in [6.45, 7) is 0. The molecule has 2 N–H and O–H groups in total. The van der Waals surface area contributed by atoms with Gasteiger partial charge in [0, 0.05) is 28.1 Å². The molecule has 11 nitrogen and oxygen atoms in total. The van der Waals surface area contributed by atoms with Gasteiger partial charge in [-0.2, -0.15) is 0 Å². The number of carbonyl (C=O) groups excluding carboxylic acids is 3. The molecule has 0 spiro atoms. The topological polar surface area (TPSA) is 142 Å². The summed E-state index contributed by atoms with van der Waals surface area (Å²) < 4.78 is 57.4. The quantitative estimate of drug-likeness (QED) is 0.286. The standard InChI is InChI=1S/C24H19ClFN3O8S2/c1-35-18-9-14(26)15(10-19(18)39(33,34)29-7-6-12-4-5-13(25)8-17(12)29)27-24(32)28-16-11-38-21(23(31)37-3)20(16)22(30)36-2/h4-11H,1-3H3,(H2,27,28,32). The number of nitrogens with zero attached hydrogens (tertiary/aromatic N) is 1. The van der Waals surface area contributed by atoms with Crippen LogP contribution in [0.4, 0.5) is 20.6 Å². The minimum atomic E-state index is -4.36. The first-order valence-corrected chi connectivity index (χ1v) is 13.5. The zero-order valence-electron chi connectivity index (χ0n) is 20.4. The molecule has 4 rings (SSSR count). The molecule has 15 heteroatoms. The molecular formula is C24H19ClFN3O8S2. The van der Waals surface area contributed by atoms with Crippen molar-refractivity contribution in [2.75, 3.05) is 32.0 Å². The van der Waals surface area contributed by atoms with Gasteiger partial charge in [-0.1, -0.05) is 17.7 Å². The van der Waals surface area contributed by atoms with E-state index in [0.717, 1.165) is 41.7 Å². The monoisotopic (exact) mass is 595 g/mol.